The number of aryl methyl sites for hydroxylation is 1. The maximum absolute atomic E-state index is 13.6. The van der Waals surface area contributed by atoms with E-state index in [1.807, 2.05) is 105 Å². The monoisotopic (exact) mass is 653 g/mol. The lowest BCUT2D eigenvalue weighted by Crippen LogP contribution is -2.30. The smallest absolute Gasteiger partial charge is 0.272 e. The molecule has 0 aliphatic carbocycles. The Balaban J connectivity index is 1.34. The molecule has 3 amide bonds. The highest BCUT2D eigenvalue weighted by molar-refractivity contribution is 8.00. The highest BCUT2D eigenvalue weighted by Crippen LogP contribution is 2.37. The normalized spacial score (nSPS) is 11.9. The third kappa shape index (κ3) is 8.90. The van der Waals surface area contributed by atoms with Crippen LogP contribution in [0, 0.1) is 13.8 Å². The molecule has 0 saturated heterocycles. The molecule has 0 spiro atoms. The fourth-order valence-electron chi connectivity index (χ4n) is 5.02. The molecule has 242 valence electrons. The van der Waals surface area contributed by atoms with E-state index in [0.29, 0.717) is 17.2 Å². The summed E-state index contributed by atoms with van der Waals surface area (Å²) in [5.41, 5.74) is 6.90. The zero-order valence-electron chi connectivity index (χ0n) is 27.5. The minimum Gasteiger partial charge on any atom is -0.325 e. The Morgan fingerprint density at radius 1 is 0.667 bits per heavy atom. The maximum atomic E-state index is 13.6. The molecule has 6 nitrogen and oxygen atoms in total. The van der Waals surface area contributed by atoms with Gasteiger partial charge >= 0.3 is 0 Å². The highest BCUT2D eigenvalue weighted by Gasteiger charge is 2.23. The van der Waals surface area contributed by atoms with Crippen LogP contribution < -0.4 is 16.0 Å². The predicted molar refractivity (Wildman–Crippen MR) is 197 cm³/mol. The van der Waals surface area contributed by atoms with E-state index in [2.05, 4.69) is 29.8 Å². The lowest BCUT2D eigenvalue weighted by atomic mass is 10.0. The van der Waals surface area contributed by atoms with Crippen LogP contribution in [-0.4, -0.2) is 17.7 Å². The molecular formula is C41H39N3O3S. The van der Waals surface area contributed by atoms with Gasteiger partial charge in [0.25, 0.3) is 11.8 Å². The van der Waals surface area contributed by atoms with Gasteiger partial charge in [0.1, 0.15) is 10.9 Å². The van der Waals surface area contributed by atoms with Gasteiger partial charge in [0.2, 0.25) is 5.91 Å². The summed E-state index contributed by atoms with van der Waals surface area (Å²) in [5, 5.41) is 8.33. The summed E-state index contributed by atoms with van der Waals surface area (Å²) in [6, 6.07) is 39.6. The number of carbonyl (C=O) groups excluding carboxylic acids is 3. The van der Waals surface area contributed by atoms with E-state index in [1.54, 1.807) is 42.5 Å². The first-order valence-electron chi connectivity index (χ1n) is 15.9. The number of benzene rings is 5. The molecule has 0 aromatic heterocycles. The highest BCUT2D eigenvalue weighted by atomic mass is 32.2. The van der Waals surface area contributed by atoms with Crippen LogP contribution in [0.4, 0.5) is 11.4 Å². The Morgan fingerprint density at radius 2 is 1.31 bits per heavy atom. The van der Waals surface area contributed by atoms with E-state index in [9.17, 15) is 14.4 Å². The predicted octanol–water partition coefficient (Wildman–Crippen LogP) is 9.31. The topological polar surface area (TPSA) is 87.3 Å². The maximum Gasteiger partial charge on any atom is 0.272 e. The van der Waals surface area contributed by atoms with E-state index in [0.717, 1.165) is 32.8 Å². The molecule has 1 atom stereocenters. The van der Waals surface area contributed by atoms with Crippen molar-refractivity contribution in [1.82, 2.24) is 5.32 Å². The molecule has 0 saturated carbocycles. The minimum atomic E-state index is -0.503. The summed E-state index contributed by atoms with van der Waals surface area (Å²) >= 11 is 1.43. The number of nitrogens with one attached hydrogen (secondary N) is 3. The Hall–Kier alpha value is -5.40. The third-order valence-electron chi connectivity index (χ3n) is 8.01. The second-order valence-electron chi connectivity index (χ2n) is 11.8. The largest absolute Gasteiger partial charge is 0.325 e. The van der Waals surface area contributed by atoms with Gasteiger partial charge in [-0.05, 0) is 96.1 Å². The summed E-state index contributed by atoms with van der Waals surface area (Å²) < 4.78 is 0. The Morgan fingerprint density at radius 3 is 1.96 bits per heavy atom. The van der Waals surface area contributed by atoms with E-state index in [-0.39, 0.29) is 17.5 Å². The van der Waals surface area contributed by atoms with Crippen molar-refractivity contribution < 1.29 is 14.4 Å². The zero-order chi connectivity index (χ0) is 34.0. The molecule has 7 heteroatoms. The number of hydrogen-bond acceptors (Lipinski definition) is 4. The summed E-state index contributed by atoms with van der Waals surface area (Å²) in [7, 11) is 0. The molecule has 0 aliphatic rings. The van der Waals surface area contributed by atoms with Gasteiger partial charge in [0, 0.05) is 21.8 Å². The van der Waals surface area contributed by atoms with Crippen LogP contribution >= 0.6 is 11.8 Å². The number of carbonyl (C=O) groups is 3. The van der Waals surface area contributed by atoms with E-state index < -0.39 is 11.2 Å². The quantitative estimate of drug-likeness (QED) is 0.0980. The summed E-state index contributed by atoms with van der Waals surface area (Å²) in [6.45, 7) is 8.26. The van der Waals surface area contributed by atoms with Crippen molar-refractivity contribution in [2.45, 2.75) is 43.8 Å². The molecule has 0 aliphatic heterocycles. The third-order valence-corrected chi connectivity index (χ3v) is 9.28. The van der Waals surface area contributed by atoms with Gasteiger partial charge in [-0.25, -0.2) is 0 Å². The average Bonchev–Trinajstić information content (AvgIpc) is 3.10. The Labute approximate surface area is 286 Å². The molecule has 5 rings (SSSR count). The number of hydrogen-bond donors (Lipinski definition) is 3. The molecule has 3 N–H and O–H groups in total. The molecule has 0 bridgehead atoms. The van der Waals surface area contributed by atoms with Crippen LogP contribution in [0.15, 0.2) is 138 Å². The zero-order valence-corrected chi connectivity index (χ0v) is 28.3. The SMILES string of the molecule is Cc1cccc(NC(=O)C(Sc2ccc(NC(=O)/C(=C/c3ccc(C(C)C)cc3)NC(=O)c3ccccc3)cc2)c2ccccc2)c1C. The first kappa shape index (κ1) is 33.9. The molecule has 0 radical (unpaired) electrons. The van der Waals surface area contributed by atoms with Gasteiger partial charge in [-0.1, -0.05) is 98.8 Å². The van der Waals surface area contributed by atoms with Crippen LogP contribution in [0.5, 0.6) is 0 Å². The van der Waals surface area contributed by atoms with Crippen LogP contribution in [0.3, 0.4) is 0 Å². The lowest BCUT2D eigenvalue weighted by molar-refractivity contribution is -0.116. The second-order valence-corrected chi connectivity index (χ2v) is 13.0. The second kappa shape index (κ2) is 15.9. The van der Waals surface area contributed by atoms with Crippen LogP contribution in [0.2, 0.25) is 0 Å². The molecule has 48 heavy (non-hydrogen) atoms. The van der Waals surface area contributed by atoms with E-state index >= 15 is 0 Å². The fourth-order valence-corrected chi connectivity index (χ4v) is 6.05. The number of rotatable bonds is 11. The summed E-state index contributed by atoms with van der Waals surface area (Å²) in [4.78, 5) is 41.1. The van der Waals surface area contributed by atoms with Crippen molar-refractivity contribution in [2.75, 3.05) is 10.6 Å². The van der Waals surface area contributed by atoms with E-state index in [1.165, 1.54) is 17.3 Å². The van der Waals surface area contributed by atoms with Gasteiger partial charge in [-0.3, -0.25) is 14.4 Å². The van der Waals surface area contributed by atoms with Crippen LogP contribution in [0.1, 0.15) is 63.2 Å². The van der Waals surface area contributed by atoms with Crippen molar-refractivity contribution in [3.63, 3.8) is 0 Å². The minimum absolute atomic E-state index is 0.117. The van der Waals surface area contributed by atoms with Crippen molar-refractivity contribution in [1.29, 1.82) is 0 Å². The van der Waals surface area contributed by atoms with Gasteiger partial charge in [0.05, 0.1) is 0 Å². The van der Waals surface area contributed by atoms with Crippen LogP contribution in [0.25, 0.3) is 6.08 Å². The summed E-state index contributed by atoms with van der Waals surface area (Å²) in [5.74, 6) is -0.585. The summed E-state index contributed by atoms with van der Waals surface area (Å²) in [6.07, 6.45) is 1.67. The van der Waals surface area contributed by atoms with Crippen molar-refractivity contribution in [3.05, 3.63) is 166 Å². The average molecular weight is 654 g/mol. The Bertz CT molecular complexity index is 1900. The first-order chi connectivity index (χ1) is 23.2. The molecule has 5 aromatic rings. The van der Waals surface area contributed by atoms with Gasteiger partial charge < -0.3 is 16.0 Å². The van der Waals surface area contributed by atoms with Crippen LogP contribution in [-0.2, 0) is 9.59 Å². The number of thioether (sulfide) groups is 1. The van der Waals surface area contributed by atoms with Gasteiger partial charge in [-0.15, -0.1) is 11.8 Å². The first-order valence-corrected chi connectivity index (χ1v) is 16.7. The molecule has 0 fully saturated rings. The molecule has 5 aromatic carbocycles. The lowest BCUT2D eigenvalue weighted by Gasteiger charge is -2.19. The van der Waals surface area contributed by atoms with Crippen molar-refractivity contribution in [3.8, 4) is 0 Å². The molecular weight excluding hydrogens is 615 g/mol. The van der Waals surface area contributed by atoms with E-state index in [4.69, 9.17) is 0 Å². The van der Waals surface area contributed by atoms with Crippen molar-refractivity contribution >= 4 is 46.9 Å². The molecule has 1 unspecified atom stereocenters. The fraction of sp³-hybridized carbons (Fsp3) is 0.146. The Kier molecular flexibility index (Phi) is 11.3. The standard InChI is InChI=1S/C41H39N3O3S/c1-27(2)31-20-18-30(19-21-31)26-37(44-39(45)33-15-9-6-10-16-33)40(46)42-34-22-24-35(25-23-34)48-38(32-13-7-5-8-14-32)41(47)43-36-17-11-12-28(3)29(36)4/h5-27,38H,1-4H3,(H,42,46)(H,43,47)(H,44,45)/b37-26-. The van der Waals surface area contributed by atoms with Crippen molar-refractivity contribution in [2.24, 2.45) is 0 Å². The van der Waals surface area contributed by atoms with Gasteiger partial charge in [-0.2, -0.15) is 0 Å². The number of anilines is 2. The number of amides is 3. The molecule has 0 heterocycles. The van der Waals surface area contributed by atoms with Gasteiger partial charge in [0.15, 0.2) is 0 Å².